The largest absolute Gasteiger partial charge is 0.748 e. The van der Waals surface area contributed by atoms with Crippen LogP contribution in [0.1, 0.15) is 76.8 Å². The average molecular weight is 751 g/mol. The maximum absolute atomic E-state index is 11.9. The van der Waals surface area contributed by atoms with Gasteiger partial charge in [0.15, 0.2) is 5.71 Å². The van der Waals surface area contributed by atoms with Crippen LogP contribution in [0.15, 0.2) is 82.3 Å². The van der Waals surface area contributed by atoms with Crippen molar-refractivity contribution in [2.24, 2.45) is 0 Å². The third-order valence-corrected chi connectivity index (χ3v) is 11.3. The molecule has 0 bridgehead atoms. The Labute approximate surface area is 297 Å². The number of unbranched alkanes of at least 4 members (excludes halogenated alkanes) is 3. The highest BCUT2D eigenvalue weighted by Gasteiger charge is 2.44. The van der Waals surface area contributed by atoms with Crippen molar-refractivity contribution in [3.05, 3.63) is 83.6 Å². The highest BCUT2D eigenvalue weighted by molar-refractivity contribution is 7.94. The Morgan fingerprint density at radius 1 is 0.980 bits per heavy atom. The Morgan fingerprint density at radius 2 is 1.74 bits per heavy atom. The summed E-state index contributed by atoms with van der Waals surface area (Å²) in [4.78, 5) is 11.5. The molecule has 1 atom stereocenters. The topological polar surface area (TPSA) is 203 Å². The van der Waals surface area contributed by atoms with Crippen molar-refractivity contribution in [1.82, 2.24) is 0 Å². The number of nitrogens with one attached hydrogen (secondary N) is 1. The van der Waals surface area contributed by atoms with Crippen molar-refractivity contribution in [1.29, 1.82) is 0 Å². The number of allylic oxidation sites excluding steroid dienone is 6. The molecule has 2 aromatic rings. The van der Waals surface area contributed by atoms with Crippen LogP contribution in [0.3, 0.4) is 0 Å². The standard InChI is InChI=1S/C34H42N2O11S3/c1-33(2)27-22-24(48-47-46-39)15-18-29(27)36(20-10-11-21-49(40,41)42)31(33)13-7-4-6-12-30-34(3,19-9-5-8-14-32(37)38)26-23-25(50(43,44)45)16-17-28(26)35-30/h4,6-7,12-13,15-18,22-23H,5,8-11,14,19-21H2,1-3H3,(H4,37,38,39,40,41,42,43,44,45). The van der Waals surface area contributed by atoms with Crippen LogP contribution in [-0.4, -0.2) is 64.9 Å². The number of aliphatic carboxylic acids is 1. The Kier molecular flexibility index (Phi) is 12.9. The maximum Gasteiger partial charge on any atom is 0.303 e. The molecule has 16 heteroatoms. The number of anilines is 1. The maximum atomic E-state index is 11.9. The minimum atomic E-state index is -4.42. The fourth-order valence-corrected chi connectivity index (χ4v) is 7.98. The predicted octanol–water partition coefficient (Wildman–Crippen LogP) is 6.48. The quantitative estimate of drug-likeness (QED) is 0.0246. The monoisotopic (exact) mass is 750 g/mol. The molecule has 272 valence electrons. The first-order valence-corrected chi connectivity index (χ1v) is 19.8. The van der Waals surface area contributed by atoms with E-state index in [4.69, 9.17) is 10.4 Å². The van der Waals surface area contributed by atoms with E-state index < -0.39 is 42.8 Å². The third kappa shape index (κ3) is 9.70. The number of benzene rings is 2. The van der Waals surface area contributed by atoms with Crippen LogP contribution in [0.2, 0.25) is 0 Å². The van der Waals surface area contributed by atoms with Crippen LogP contribution < -0.4 is 5.32 Å². The van der Waals surface area contributed by atoms with E-state index in [1.165, 1.54) is 12.1 Å². The van der Waals surface area contributed by atoms with Gasteiger partial charge in [0.25, 0.3) is 10.1 Å². The number of carboxylic acids is 1. The first-order valence-electron chi connectivity index (χ1n) is 16.0. The van der Waals surface area contributed by atoms with E-state index in [2.05, 4.69) is 33.1 Å². The fourth-order valence-electron chi connectivity index (χ4n) is 6.52. The highest BCUT2D eigenvalue weighted by Crippen LogP contribution is 2.48. The number of fused-ring (bicyclic) bond motifs is 2. The van der Waals surface area contributed by atoms with Gasteiger partial charge in [-0.2, -0.15) is 13.0 Å². The second kappa shape index (κ2) is 16.3. The Hall–Kier alpha value is -3.35. The zero-order valence-electron chi connectivity index (χ0n) is 28.0. The van der Waals surface area contributed by atoms with Gasteiger partial charge in [0.1, 0.15) is 6.54 Å². The number of hydrogen-bond acceptors (Lipinski definition) is 11. The molecule has 0 fully saturated rings. The van der Waals surface area contributed by atoms with E-state index in [0.717, 1.165) is 46.0 Å². The zero-order chi connectivity index (χ0) is 36.7. The molecule has 1 unspecified atom stereocenters. The normalized spacial score (nSPS) is 19.4. The van der Waals surface area contributed by atoms with Gasteiger partial charge in [0.2, 0.25) is 5.69 Å². The van der Waals surface area contributed by atoms with Gasteiger partial charge in [-0.1, -0.05) is 36.1 Å². The number of carbonyl (C=O) groups is 1. The predicted molar refractivity (Wildman–Crippen MR) is 188 cm³/mol. The molecule has 0 radical (unpaired) electrons. The van der Waals surface area contributed by atoms with Gasteiger partial charge in [-0.3, -0.25) is 9.35 Å². The first kappa shape index (κ1) is 39.4. The molecule has 2 aromatic carbocycles. The lowest BCUT2D eigenvalue weighted by Crippen LogP contribution is -2.28. The minimum Gasteiger partial charge on any atom is -0.748 e. The third-order valence-electron chi connectivity index (χ3n) is 9.10. The second-order valence-electron chi connectivity index (χ2n) is 13.0. The molecule has 0 saturated carbocycles. The van der Waals surface area contributed by atoms with E-state index in [0.29, 0.717) is 43.5 Å². The van der Waals surface area contributed by atoms with Crippen LogP contribution in [0.5, 0.6) is 0 Å². The summed E-state index contributed by atoms with van der Waals surface area (Å²) in [6, 6.07) is 10.1. The Morgan fingerprint density at radius 3 is 2.42 bits per heavy atom. The number of carboxylic acid groups (broad SMARTS) is 1. The molecule has 2 heterocycles. The lowest BCUT2D eigenvalue weighted by Gasteiger charge is -2.26. The van der Waals surface area contributed by atoms with E-state index in [-0.39, 0.29) is 17.7 Å². The lowest BCUT2D eigenvalue weighted by molar-refractivity contribution is -0.438. The van der Waals surface area contributed by atoms with Crippen LogP contribution >= 0.6 is 12.0 Å². The van der Waals surface area contributed by atoms with Crippen molar-refractivity contribution in [3.63, 3.8) is 0 Å². The summed E-state index contributed by atoms with van der Waals surface area (Å²) in [5.41, 5.74) is 3.96. The van der Waals surface area contributed by atoms with Gasteiger partial charge in [-0.15, -0.1) is 4.33 Å². The molecule has 0 saturated heterocycles. The molecule has 2 aliphatic rings. The molecular weight excluding hydrogens is 709 g/mol. The van der Waals surface area contributed by atoms with Gasteiger partial charge in [-0.25, -0.2) is 13.7 Å². The summed E-state index contributed by atoms with van der Waals surface area (Å²) in [6.07, 6.45) is 12.8. The molecule has 0 aromatic heterocycles. The highest BCUT2D eigenvalue weighted by atomic mass is 32.2. The Balaban J connectivity index is 1.61. The lowest BCUT2D eigenvalue weighted by atomic mass is 9.77. The van der Waals surface area contributed by atoms with Crippen molar-refractivity contribution in [3.8, 4) is 0 Å². The van der Waals surface area contributed by atoms with Crippen molar-refractivity contribution in [2.75, 3.05) is 17.6 Å². The van der Waals surface area contributed by atoms with E-state index in [9.17, 15) is 30.7 Å². The molecule has 2 aliphatic heterocycles. The van der Waals surface area contributed by atoms with Crippen molar-refractivity contribution in [2.45, 2.75) is 86.3 Å². The molecule has 0 spiro atoms. The van der Waals surface area contributed by atoms with Gasteiger partial charge in [-0.05, 0) is 82.0 Å². The van der Waals surface area contributed by atoms with E-state index >= 15 is 0 Å². The van der Waals surface area contributed by atoms with Gasteiger partial charge < -0.3 is 15.0 Å². The Bertz CT molecular complexity index is 1930. The second-order valence-corrected chi connectivity index (χ2v) is 16.7. The molecule has 0 amide bonds. The summed E-state index contributed by atoms with van der Waals surface area (Å²) in [6.45, 7) is 6.57. The SMILES string of the molecule is CC1(C)C(/C=C/C=C/C=C2/Nc3ccc(S(=O)(=O)O)cc3C2(C)CCCCCC(=O)O)=[N+](CCCCS(=O)(=O)[O-])c2ccc(SOOO)cc21. The van der Waals surface area contributed by atoms with Gasteiger partial charge in [0, 0.05) is 58.0 Å². The van der Waals surface area contributed by atoms with Crippen molar-refractivity contribution >= 4 is 55.3 Å². The molecule has 50 heavy (non-hydrogen) atoms. The first-order chi connectivity index (χ1) is 23.5. The zero-order valence-corrected chi connectivity index (χ0v) is 30.4. The molecule has 4 N–H and O–H groups in total. The number of rotatable bonds is 18. The smallest absolute Gasteiger partial charge is 0.303 e. The molecular formula is C34H42N2O11S3. The number of nitrogens with zero attached hydrogens (tertiary/aromatic N) is 1. The van der Waals surface area contributed by atoms with Gasteiger partial charge >= 0.3 is 5.97 Å². The number of hydrogen-bond donors (Lipinski definition) is 4. The molecule has 13 nitrogen and oxygen atoms in total. The summed E-state index contributed by atoms with van der Waals surface area (Å²) in [5, 5.41) is 24.7. The van der Waals surface area contributed by atoms with Crippen molar-refractivity contribution < 1.29 is 55.0 Å². The molecule has 4 rings (SSSR count). The average Bonchev–Trinajstić information content (AvgIpc) is 3.42. The summed E-state index contributed by atoms with van der Waals surface area (Å²) < 4.78 is 73.8. The van der Waals surface area contributed by atoms with Crippen LogP contribution in [0, 0.1) is 0 Å². The fraction of sp³-hybridized carbons (Fsp3) is 0.412. The van der Waals surface area contributed by atoms with Crippen LogP contribution in [0.4, 0.5) is 11.4 Å². The van der Waals surface area contributed by atoms with E-state index in [1.54, 1.807) is 12.1 Å². The minimum absolute atomic E-state index is 0.0732. The molecule has 0 aliphatic carbocycles. The van der Waals surface area contributed by atoms with Crippen LogP contribution in [0.25, 0.3) is 0 Å². The summed E-state index contributed by atoms with van der Waals surface area (Å²) in [5.74, 6) is -1.29. The van der Waals surface area contributed by atoms with Gasteiger partial charge in [0.05, 0.1) is 32.5 Å². The summed E-state index contributed by atoms with van der Waals surface area (Å²) >= 11 is 0.847. The van der Waals surface area contributed by atoms with E-state index in [1.807, 2.05) is 49.4 Å². The van der Waals surface area contributed by atoms with Crippen LogP contribution in [-0.2, 0) is 45.2 Å². The summed E-state index contributed by atoms with van der Waals surface area (Å²) in [7, 11) is -8.75.